The summed E-state index contributed by atoms with van der Waals surface area (Å²) in [4.78, 5) is 34.4. The minimum Gasteiger partial charge on any atom is -0.352 e. The molecule has 0 saturated carbocycles. The Morgan fingerprint density at radius 2 is 1.69 bits per heavy atom. The lowest BCUT2D eigenvalue weighted by molar-refractivity contribution is 0.0942. The molecule has 0 bridgehead atoms. The molecular formula is C25H25N9O. The maximum Gasteiger partial charge on any atom is 0.251 e. The molecule has 0 aliphatic carbocycles. The first-order valence-electron chi connectivity index (χ1n) is 11.4. The molecular weight excluding hydrogens is 442 g/mol. The number of aromatic nitrogens is 5. The number of rotatable bonds is 8. The molecule has 4 N–H and O–H groups in total. The van der Waals surface area contributed by atoms with Gasteiger partial charge in [-0.15, -0.1) is 0 Å². The third-order valence-electron chi connectivity index (χ3n) is 5.51. The summed E-state index contributed by atoms with van der Waals surface area (Å²) in [6.07, 6.45) is 3.33. The zero-order valence-electron chi connectivity index (χ0n) is 19.2. The van der Waals surface area contributed by atoms with Gasteiger partial charge in [0, 0.05) is 54.9 Å². The molecule has 5 rings (SSSR count). The van der Waals surface area contributed by atoms with Gasteiger partial charge in [-0.3, -0.25) is 4.79 Å². The van der Waals surface area contributed by atoms with Gasteiger partial charge in [-0.25, -0.2) is 19.9 Å². The molecule has 1 amide bonds. The number of carbonyl (C=O) groups is 1. The van der Waals surface area contributed by atoms with Crippen LogP contribution >= 0.6 is 0 Å². The number of pyridine rings is 1. The van der Waals surface area contributed by atoms with Crippen LogP contribution in [0.1, 0.15) is 16.1 Å². The SMILES string of the molecule is Cc1cccc(-c2nccc(Nc3ccnc(Nc4ccc(C(=O)NCC5CNC5)cc4)n3)n2)n1. The van der Waals surface area contributed by atoms with Crippen molar-refractivity contribution in [1.29, 1.82) is 0 Å². The first kappa shape index (κ1) is 22.4. The number of carbonyl (C=O) groups excluding carboxylic acids is 1. The van der Waals surface area contributed by atoms with Crippen LogP contribution in [0.15, 0.2) is 67.0 Å². The van der Waals surface area contributed by atoms with Gasteiger partial charge in [0.2, 0.25) is 5.95 Å². The van der Waals surface area contributed by atoms with Crippen LogP contribution < -0.4 is 21.3 Å². The molecule has 0 radical (unpaired) electrons. The third kappa shape index (κ3) is 5.74. The Labute approximate surface area is 202 Å². The number of hydrogen-bond donors (Lipinski definition) is 4. The van der Waals surface area contributed by atoms with E-state index in [-0.39, 0.29) is 5.91 Å². The molecule has 10 nitrogen and oxygen atoms in total. The minimum absolute atomic E-state index is 0.0732. The van der Waals surface area contributed by atoms with E-state index in [1.165, 1.54) is 0 Å². The molecule has 4 heterocycles. The highest BCUT2D eigenvalue weighted by molar-refractivity contribution is 5.94. The van der Waals surface area contributed by atoms with E-state index in [1.54, 1.807) is 36.7 Å². The third-order valence-corrected chi connectivity index (χ3v) is 5.51. The Morgan fingerprint density at radius 3 is 2.43 bits per heavy atom. The van der Waals surface area contributed by atoms with E-state index in [0.717, 1.165) is 24.5 Å². The van der Waals surface area contributed by atoms with Crippen molar-refractivity contribution < 1.29 is 4.79 Å². The topological polar surface area (TPSA) is 130 Å². The van der Waals surface area contributed by atoms with Gasteiger partial charge in [0.15, 0.2) is 5.82 Å². The number of amides is 1. The molecule has 1 aliphatic rings. The maximum atomic E-state index is 12.3. The fourth-order valence-electron chi connectivity index (χ4n) is 3.50. The van der Waals surface area contributed by atoms with Crippen molar-refractivity contribution in [3.63, 3.8) is 0 Å². The van der Waals surface area contributed by atoms with Crippen LogP contribution in [0.3, 0.4) is 0 Å². The van der Waals surface area contributed by atoms with E-state index in [9.17, 15) is 4.79 Å². The zero-order chi connectivity index (χ0) is 24.0. The van der Waals surface area contributed by atoms with E-state index < -0.39 is 0 Å². The predicted octanol–water partition coefficient (Wildman–Crippen LogP) is 3.07. The molecule has 1 aliphatic heterocycles. The van der Waals surface area contributed by atoms with E-state index in [2.05, 4.69) is 46.2 Å². The molecule has 10 heteroatoms. The van der Waals surface area contributed by atoms with E-state index in [0.29, 0.717) is 47.1 Å². The summed E-state index contributed by atoms with van der Waals surface area (Å²) in [5, 5.41) is 12.5. The largest absolute Gasteiger partial charge is 0.352 e. The molecule has 1 saturated heterocycles. The van der Waals surface area contributed by atoms with Gasteiger partial charge in [-0.2, -0.15) is 4.98 Å². The molecule has 0 spiro atoms. The summed E-state index contributed by atoms with van der Waals surface area (Å²) in [6, 6.07) is 16.5. The maximum absolute atomic E-state index is 12.3. The number of benzene rings is 1. The standard InChI is InChI=1S/C25H25N9O/c1-16-3-2-4-20(30-16)23-27-11-9-21(33-23)32-22-10-12-28-25(34-22)31-19-7-5-18(6-8-19)24(35)29-15-17-13-26-14-17/h2-12,17,26H,13-15H2,1H3,(H,29,35)(H2,27,28,31,32,33,34). The highest BCUT2D eigenvalue weighted by Gasteiger charge is 2.17. The van der Waals surface area contributed by atoms with Crippen LogP contribution in [0.25, 0.3) is 11.5 Å². The quantitative estimate of drug-likeness (QED) is 0.309. The first-order valence-corrected chi connectivity index (χ1v) is 11.4. The van der Waals surface area contributed by atoms with E-state index >= 15 is 0 Å². The van der Waals surface area contributed by atoms with Crippen molar-refractivity contribution in [2.24, 2.45) is 5.92 Å². The van der Waals surface area contributed by atoms with E-state index in [1.807, 2.05) is 37.3 Å². The van der Waals surface area contributed by atoms with Gasteiger partial charge >= 0.3 is 0 Å². The lowest BCUT2D eigenvalue weighted by Gasteiger charge is -2.27. The monoisotopic (exact) mass is 467 g/mol. The average molecular weight is 468 g/mol. The molecule has 176 valence electrons. The van der Waals surface area contributed by atoms with Crippen molar-refractivity contribution >= 4 is 29.2 Å². The number of aryl methyl sites for hydroxylation is 1. The summed E-state index contributed by atoms with van der Waals surface area (Å²) in [6.45, 7) is 4.53. The molecule has 0 atom stereocenters. The Bertz CT molecular complexity index is 1320. The highest BCUT2D eigenvalue weighted by Crippen LogP contribution is 2.19. The lowest BCUT2D eigenvalue weighted by Crippen LogP contribution is -2.48. The summed E-state index contributed by atoms with van der Waals surface area (Å²) >= 11 is 0. The zero-order valence-corrected chi connectivity index (χ0v) is 19.2. The van der Waals surface area contributed by atoms with Gasteiger partial charge in [-0.1, -0.05) is 6.07 Å². The summed E-state index contributed by atoms with van der Waals surface area (Å²) < 4.78 is 0. The van der Waals surface area contributed by atoms with Crippen molar-refractivity contribution in [1.82, 2.24) is 35.6 Å². The normalized spacial score (nSPS) is 13.1. The molecule has 35 heavy (non-hydrogen) atoms. The van der Waals surface area contributed by atoms with Crippen LogP contribution in [0.5, 0.6) is 0 Å². The van der Waals surface area contributed by atoms with Crippen molar-refractivity contribution in [2.45, 2.75) is 6.92 Å². The van der Waals surface area contributed by atoms with Gasteiger partial charge < -0.3 is 21.3 Å². The molecule has 1 fully saturated rings. The summed E-state index contributed by atoms with van der Waals surface area (Å²) in [5.74, 6) is 2.56. The minimum atomic E-state index is -0.0732. The highest BCUT2D eigenvalue weighted by atomic mass is 16.1. The smallest absolute Gasteiger partial charge is 0.251 e. The van der Waals surface area contributed by atoms with Crippen LogP contribution in [-0.2, 0) is 0 Å². The van der Waals surface area contributed by atoms with Crippen LogP contribution in [0.2, 0.25) is 0 Å². The van der Waals surface area contributed by atoms with Crippen molar-refractivity contribution in [3.8, 4) is 11.5 Å². The summed E-state index contributed by atoms with van der Waals surface area (Å²) in [7, 11) is 0. The second kappa shape index (κ2) is 10.2. The van der Waals surface area contributed by atoms with Gasteiger partial charge in [0.1, 0.15) is 17.3 Å². The number of anilines is 4. The Balaban J connectivity index is 1.22. The van der Waals surface area contributed by atoms with Gasteiger partial charge in [-0.05, 0) is 55.5 Å². The van der Waals surface area contributed by atoms with Crippen molar-refractivity contribution in [2.75, 3.05) is 30.3 Å². The molecule has 1 aromatic carbocycles. The molecule has 3 aromatic heterocycles. The average Bonchev–Trinajstić information content (AvgIpc) is 2.84. The van der Waals surface area contributed by atoms with Crippen LogP contribution in [-0.4, -0.2) is 50.5 Å². The fourth-order valence-corrected chi connectivity index (χ4v) is 3.50. The first-order chi connectivity index (χ1) is 17.1. The second-order valence-electron chi connectivity index (χ2n) is 8.26. The lowest BCUT2D eigenvalue weighted by atomic mass is 10.0. The van der Waals surface area contributed by atoms with Crippen LogP contribution in [0.4, 0.5) is 23.3 Å². The van der Waals surface area contributed by atoms with Crippen LogP contribution in [0, 0.1) is 12.8 Å². The Kier molecular flexibility index (Phi) is 6.53. The van der Waals surface area contributed by atoms with Gasteiger partial charge in [0.05, 0.1) is 0 Å². The predicted molar refractivity (Wildman–Crippen MR) is 134 cm³/mol. The number of nitrogens with one attached hydrogen (secondary N) is 4. The fraction of sp³-hybridized carbons (Fsp3) is 0.200. The number of hydrogen-bond acceptors (Lipinski definition) is 9. The second-order valence-corrected chi connectivity index (χ2v) is 8.26. The Hall–Kier alpha value is -4.44. The van der Waals surface area contributed by atoms with Crippen molar-refractivity contribution in [3.05, 3.63) is 78.2 Å². The summed E-state index contributed by atoms with van der Waals surface area (Å²) in [5.41, 5.74) is 2.99. The molecule has 4 aromatic rings. The number of nitrogens with zero attached hydrogens (tertiary/aromatic N) is 5. The Morgan fingerprint density at radius 1 is 0.914 bits per heavy atom. The molecule has 0 unspecified atom stereocenters. The van der Waals surface area contributed by atoms with E-state index in [4.69, 9.17) is 0 Å². The van der Waals surface area contributed by atoms with Gasteiger partial charge in [0.25, 0.3) is 5.91 Å².